The van der Waals surface area contributed by atoms with E-state index >= 15 is 0 Å². The van der Waals surface area contributed by atoms with E-state index in [4.69, 9.17) is 10.5 Å². The summed E-state index contributed by atoms with van der Waals surface area (Å²) >= 11 is 0. The van der Waals surface area contributed by atoms with Crippen molar-refractivity contribution in [2.75, 3.05) is 0 Å². The Morgan fingerprint density at radius 2 is 1.85 bits per heavy atom. The number of benzene rings is 2. The van der Waals surface area contributed by atoms with Crippen LogP contribution in [0.15, 0.2) is 54.7 Å². The molecule has 0 aliphatic carbocycles. The molecule has 2 aromatic carbocycles. The van der Waals surface area contributed by atoms with Gasteiger partial charge < -0.3 is 15.5 Å². The van der Waals surface area contributed by atoms with E-state index in [0.29, 0.717) is 22.9 Å². The minimum absolute atomic E-state index is 0.249. The van der Waals surface area contributed by atoms with Crippen LogP contribution in [0.3, 0.4) is 0 Å². The third-order valence-electron chi connectivity index (χ3n) is 4.13. The molecule has 0 bridgehead atoms. The first kappa shape index (κ1) is 17.8. The second kappa shape index (κ2) is 7.11. The zero-order chi connectivity index (χ0) is 18.7. The number of alkyl halides is 3. The van der Waals surface area contributed by atoms with Gasteiger partial charge in [-0.05, 0) is 29.3 Å². The minimum atomic E-state index is -4.42. The van der Waals surface area contributed by atoms with Gasteiger partial charge in [0, 0.05) is 29.9 Å². The molecular weight excluding hydrogens is 345 g/mol. The first-order chi connectivity index (χ1) is 12.3. The highest BCUT2D eigenvalue weighted by Gasteiger charge is 2.31. The molecule has 0 fully saturated rings. The molecule has 0 radical (unpaired) electrons. The van der Waals surface area contributed by atoms with Crippen molar-refractivity contribution in [3.05, 3.63) is 71.4 Å². The number of fused-ring (bicyclic) bond motifs is 1. The standard InChI is InChI=1S/C19H17F3N2O2/c20-19(21,22)14-6-7-17-16(10-14)13(11-24-17)9-15(26-18(23)25)8-12-4-2-1-3-5-12/h1-7,10-11,15,24H,8-9H2,(H2,23,25). The topological polar surface area (TPSA) is 68.1 Å². The van der Waals surface area contributed by atoms with Crippen LogP contribution in [0.5, 0.6) is 0 Å². The van der Waals surface area contributed by atoms with Gasteiger partial charge in [0.2, 0.25) is 0 Å². The number of amides is 1. The average Bonchev–Trinajstić information content (AvgIpc) is 2.96. The molecule has 0 saturated heterocycles. The highest BCUT2D eigenvalue weighted by Crippen LogP contribution is 2.32. The molecule has 1 unspecified atom stereocenters. The number of hydrogen-bond donors (Lipinski definition) is 2. The second-order valence-corrected chi connectivity index (χ2v) is 6.02. The Morgan fingerprint density at radius 3 is 2.50 bits per heavy atom. The van der Waals surface area contributed by atoms with Crippen LogP contribution in [0.1, 0.15) is 16.7 Å². The number of nitrogens with two attached hydrogens (primary N) is 1. The summed E-state index contributed by atoms with van der Waals surface area (Å²) in [6, 6.07) is 12.9. The van der Waals surface area contributed by atoms with Gasteiger partial charge >= 0.3 is 12.3 Å². The van der Waals surface area contributed by atoms with Crippen molar-refractivity contribution in [1.29, 1.82) is 0 Å². The summed E-state index contributed by atoms with van der Waals surface area (Å²) in [5.41, 5.74) is 6.59. The lowest BCUT2D eigenvalue weighted by Crippen LogP contribution is -2.26. The highest BCUT2D eigenvalue weighted by molar-refractivity contribution is 5.84. The van der Waals surface area contributed by atoms with Gasteiger partial charge in [-0.25, -0.2) is 4.79 Å². The molecule has 0 aliphatic heterocycles. The van der Waals surface area contributed by atoms with Crippen molar-refractivity contribution in [3.63, 3.8) is 0 Å². The molecule has 0 saturated carbocycles. The van der Waals surface area contributed by atoms with Crippen LogP contribution >= 0.6 is 0 Å². The molecule has 3 N–H and O–H groups in total. The lowest BCUT2D eigenvalue weighted by atomic mass is 10.00. The lowest BCUT2D eigenvalue weighted by Gasteiger charge is -2.17. The molecule has 7 heteroatoms. The van der Waals surface area contributed by atoms with Crippen LogP contribution < -0.4 is 5.73 Å². The molecule has 4 nitrogen and oxygen atoms in total. The summed E-state index contributed by atoms with van der Waals surface area (Å²) in [5.74, 6) is 0. The monoisotopic (exact) mass is 362 g/mol. The van der Waals surface area contributed by atoms with Gasteiger partial charge in [0.25, 0.3) is 0 Å². The van der Waals surface area contributed by atoms with Gasteiger partial charge in [0.1, 0.15) is 6.10 Å². The fraction of sp³-hybridized carbons (Fsp3) is 0.211. The Hall–Kier alpha value is -2.96. The molecule has 1 heterocycles. The maximum absolute atomic E-state index is 13.0. The van der Waals surface area contributed by atoms with Crippen LogP contribution in [-0.4, -0.2) is 17.2 Å². The minimum Gasteiger partial charge on any atom is -0.446 e. The van der Waals surface area contributed by atoms with Gasteiger partial charge in [-0.3, -0.25) is 0 Å². The number of ether oxygens (including phenoxy) is 1. The Kier molecular flexibility index (Phi) is 4.88. The molecule has 1 amide bonds. The smallest absolute Gasteiger partial charge is 0.416 e. The highest BCUT2D eigenvalue weighted by atomic mass is 19.4. The summed E-state index contributed by atoms with van der Waals surface area (Å²) in [5, 5.41) is 0.450. The Balaban J connectivity index is 1.89. The number of rotatable bonds is 5. The third-order valence-corrected chi connectivity index (χ3v) is 4.13. The van der Waals surface area contributed by atoms with E-state index in [9.17, 15) is 18.0 Å². The van der Waals surface area contributed by atoms with Crippen molar-refractivity contribution in [1.82, 2.24) is 4.98 Å². The number of primary amides is 1. The predicted octanol–water partition coefficient (Wildman–Crippen LogP) is 4.44. The lowest BCUT2D eigenvalue weighted by molar-refractivity contribution is -0.137. The number of aromatic nitrogens is 1. The molecule has 1 atom stereocenters. The van der Waals surface area contributed by atoms with E-state index < -0.39 is 23.9 Å². The normalized spacial score (nSPS) is 12.9. The summed E-state index contributed by atoms with van der Waals surface area (Å²) in [4.78, 5) is 14.2. The van der Waals surface area contributed by atoms with Crippen molar-refractivity contribution < 1.29 is 22.7 Å². The van der Waals surface area contributed by atoms with Crippen molar-refractivity contribution in [3.8, 4) is 0 Å². The van der Waals surface area contributed by atoms with E-state index in [1.165, 1.54) is 6.07 Å². The van der Waals surface area contributed by atoms with E-state index in [0.717, 1.165) is 17.7 Å². The molecule has 3 rings (SSSR count). The van der Waals surface area contributed by atoms with E-state index in [1.807, 2.05) is 30.3 Å². The zero-order valence-corrected chi connectivity index (χ0v) is 13.7. The van der Waals surface area contributed by atoms with Crippen molar-refractivity contribution in [2.45, 2.75) is 25.1 Å². The van der Waals surface area contributed by atoms with Crippen molar-refractivity contribution in [2.24, 2.45) is 5.73 Å². The van der Waals surface area contributed by atoms with Gasteiger partial charge in [-0.15, -0.1) is 0 Å². The fourth-order valence-corrected chi connectivity index (χ4v) is 2.97. The molecule has 0 aliphatic rings. The van der Waals surface area contributed by atoms with E-state index in [2.05, 4.69) is 4.98 Å². The predicted molar refractivity (Wildman–Crippen MR) is 91.6 cm³/mol. The van der Waals surface area contributed by atoms with Crippen LogP contribution in [-0.2, 0) is 23.8 Å². The molecule has 136 valence electrons. The fourth-order valence-electron chi connectivity index (χ4n) is 2.97. The summed E-state index contributed by atoms with van der Waals surface area (Å²) in [7, 11) is 0. The number of carbonyl (C=O) groups is 1. The van der Waals surface area contributed by atoms with Crippen LogP contribution in [0.2, 0.25) is 0 Å². The van der Waals surface area contributed by atoms with E-state index in [-0.39, 0.29) is 6.42 Å². The average molecular weight is 362 g/mol. The Bertz CT molecular complexity index is 904. The molecule has 0 spiro atoms. The number of nitrogens with one attached hydrogen (secondary N) is 1. The SMILES string of the molecule is NC(=O)OC(Cc1ccccc1)Cc1c[nH]c2ccc(C(F)(F)F)cc12. The van der Waals surface area contributed by atoms with E-state index in [1.54, 1.807) is 6.20 Å². The van der Waals surface area contributed by atoms with Crippen LogP contribution in [0, 0.1) is 0 Å². The van der Waals surface area contributed by atoms with Gasteiger partial charge in [0.05, 0.1) is 5.56 Å². The number of halogens is 3. The van der Waals surface area contributed by atoms with Gasteiger partial charge in [-0.2, -0.15) is 13.2 Å². The summed E-state index contributed by atoms with van der Waals surface area (Å²) in [6.45, 7) is 0. The molecule has 26 heavy (non-hydrogen) atoms. The number of aromatic amines is 1. The molecule has 1 aromatic heterocycles. The number of carbonyl (C=O) groups excluding carboxylic acids is 1. The Labute approximate surface area is 147 Å². The molecule has 3 aromatic rings. The number of hydrogen-bond acceptors (Lipinski definition) is 2. The Morgan fingerprint density at radius 1 is 1.12 bits per heavy atom. The summed E-state index contributed by atoms with van der Waals surface area (Å²) < 4.78 is 44.1. The van der Waals surface area contributed by atoms with Crippen LogP contribution in [0.4, 0.5) is 18.0 Å². The second-order valence-electron chi connectivity index (χ2n) is 6.02. The maximum atomic E-state index is 13.0. The quantitative estimate of drug-likeness (QED) is 0.705. The summed E-state index contributed by atoms with van der Waals surface area (Å²) in [6.07, 6.45) is -3.62. The molecular formula is C19H17F3N2O2. The maximum Gasteiger partial charge on any atom is 0.416 e. The third kappa shape index (κ3) is 4.17. The van der Waals surface area contributed by atoms with Crippen LogP contribution in [0.25, 0.3) is 10.9 Å². The number of H-pyrrole nitrogens is 1. The zero-order valence-electron chi connectivity index (χ0n) is 13.7. The van der Waals surface area contributed by atoms with Gasteiger partial charge in [0.15, 0.2) is 0 Å². The largest absolute Gasteiger partial charge is 0.446 e. The first-order valence-corrected chi connectivity index (χ1v) is 8.00. The van der Waals surface area contributed by atoms with Gasteiger partial charge in [-0.1, -0.05) is 30.3 Å². The van der Waals surface area contributed by atoms with Crippen molar-refractivity contribution >= 4 is 17.0 Å². The first-order valence-electron chi connectivity index (χ1n) is 8.00.